The molecule has 0 spiro atoms. The van der Waals surface area contributed by atoms with Crippen LogP contribution in [0.4, 0.5) is 0 Å². The highest BCUT2D eigenvalue weighted by molar-refractivity contribution is 9.10. The van der Waals surface area contributed by atoms with Crippen molar-refractivity contribution >= 4 is 36.5 Å². The fraction of sp³-hybridized carbons (Fsp3) is 0.348. The van der Waals surface area contributed by atoms with Gasteiger partial charge >= 0.3 is 5.63 Å². The summed E-state index contributed by atoms with van der Waals surface area (Å²) in [7, 11) is -0.820. The van der Waals surface area contributed by atoms with Crippen LogP contribution in [0.1, 0.15) is 45.9 Å². The van der Waals surface area contributed by atoms with Crippen LogP contribution in [0.3, 0.4) is 0 Å². The van der Waals surface area contributed by atoms with Crippen molar-refractivity contribution in [1.82, 2.24) is 0 Å². The molecule has 0 amide bonds. The van der Waals surface area contributed by atoms with Crippen LogP contribution < -0.4 is 10.4 Å². The molecule has 3 aromatic rings. The molecule has 0 fully saturated rings. The summed E-state index contributed by atoms with van der Waals surface area (Å²) in [5.74, 6) is 1.15. The Bertz CT molecular complexity index is 1050. The van der Waals surface area contributed by atoms with E-state index >= 15 is 0 Å². The second-order valence-electron chi connectivity index (χ2n) is 8.87. The average molecular weight is 475 g/mol. The van der Waals surface area contributed by atoms with E-state index in [2.05, 4.69) is 36.7 Å². The normalized spacial score (nSPS) is 12.8. The molecule has 154 valence electrons. The summed E-state index contributed by atoms with van der Waals surface area (Å²) in [4.78, 5) is 12.7. The average Bonchev–Trinajstić information content (AvgIpc) is 2.68. The lowest BCUT2D eigenvalue weighted by Crippen LogP contribution is -2.29. The number of hydrogen-bond donors (Lipinski definition) is 0. The van der Waals surface area contributed by atoms with Crippen molar-refractivity contribution in [2.24, 2.45) is 0 Å². The molecule has 0 unspecified atom stereocenters. The summed E-state index contributed by atoms with van der Waals surface area (Å²) in [5, 5.41) is 1.42. The first-order valence-electron chi connectivity index (χ1n) is 9.64. The van der Waals surface area contributed by atoms with Gasteiger partial charge in [0.2, 0.25) is 0 Å². The fourth-order valence-electron chi connectivity index (χ4n) is 2.88. The van der Waals surface area contributed by atoms with Gasteiger partial charge < -0.3 is 13.6 Å². The van der Waals surface area contributed by atoms with E-state index in [9.17, 15) is 4.79 Å². The number of benzene rings is 2. The summed E-state index contributed by atoms with van der Waals surface area (Å²) in [6.07, 6.45) is 0. The highest BCUT2D eigenvalue weighted by Gasteiger charge is 2.30. The summed E-state index contributed by atoms with van der Waals surface area (Å²) < 4.78 is 18.5. The third-order valence-corrected chi connectivity index (χ3v) is 7.02. The Labute approximate surface area is 182 Å². The molecule has 0 N–H and O–H groups in total. The van der Waals surface area contributed by atoms with Crippen LogP contribution in [0.15, 0.2) is 62.2 Å². The van der Waals surface area contributed by atoms with Crippen LogP contribution >= 0.6 is 15.9 Å². The van der Waals surface area contributed by atoms with Crippen LogP contribution in [-0.2, 0) is 16.6 Å². The van der Waals surface area contributed by atoms with Crippen LogP contribution in [0.5, 0.6) is 5.75 Å². The first-order chi connectivity index (χ1) is 13.6. The highest BCUT2D eigenvalue weighted by Crippen LogP contribution is 2.37. The minimum atomic E-state index is -0.820. The number of hydrogen-bond acceptors (Lipinski definition) is 4. The number of halogens is 1. The zero-order chi connectivity index (χ0) is 21.2. The minimum absolute atomic E-state index is 0.145. The first kappa shape index (κ1) is 21.8. The standard InChI is InChI=1S/C23H27BrO4Si/c1-22(2,3)29-28-23(4,5)20-19(24)17-12-11-16(13-18(17)21(25)27-20)26-14-15-9-7-6-8-10-15/h6-13H,14,29H2,1-5H3. The predicted molar refractivity (Wildman–Crippen MR) is 123 cm³/mol. The zero-order valence-electron chi connectivity index (χ0n) is 17.5. The van der Waals surface area contributed by atoms with Gasteiger partial charge in [-0.2, -0.15) is 0 Å². The first-order valence-corrected chi connectivity index (χ1v) is 11.7. The Balaban J connectivity index is 1.90. The minimum Gasteiger partial charge on any atom is -0.489 e. The van der Waals surface area contributed by atoms with E-state index in [1.54, 1.807) is 6.07 Å². The van der Waals surface area contributed by atoms with E-state index in [1.807, 2.05) is 56.3 Å². The van der Waals surface area contributed by atoms with E-state index in [1.165, 1.54) is 0 Å². The van der Waals surface area contributed by atoms with Crippen molar-refractivity contribution < 1.29 is 13.6 Å². The second-order valence-corrected chi connectivity index (χ2v) is 12.4. The summed E-state index contributed by atoms with van der Waals surface area (Å²) in [5.41, 5.74) is -0.00992. The molecule has 4 nitrogen and oxygen atoms in total. The van der Waals surface area contributed by atoms with E-state index < -0.39 is 21.0 Å². The smallest absolute Gasteiger partial charge is 0.344 e. The molecule has 0 atom stereocenters. The van der Waals surface area contributed by atoms with Crippen molar-refractivity contribution in [2.45, 2.75) is 51.9 Å². The van der Waals surface area contributed by atoms with Gasteiger partial charge in [0.15, 0.2) is 15.5 Å². The van der Waals surface area contributed by atoms with Gasteiger partial charge in [-0.1, -0.05) is 51.1 Å². The molecule has 3 rings (SSSR count). The van der Waals surface area contributed by atoms with Gasteiger partial charge in [0, 0.05) is 5.39 Å². The largest absolute Gasteiger partial charge is 0.489 e. The van der Waals surface area contributed by atoms with Crippen molar-refractivity contribution in [3.63, 3.8) is 0 Å². The van der Waals surface area contributed by atoms with Gasteiger partial charge in [-0.15, -0.1) is 0 Å². The van der Waals surface area contributed by atoms with Crippen LogP contribution in [0, 0.1) is 0 Å². The zero-order valence-corrected chi connectivity index (χ0v) is 20.5. The van der Waals surface area contributed by atoms with Crippen LogP contribution in [0.25, 0.3) is 10.8 Å². The maximum absolute atomic E-state index is 12.7. The molecule has 2 aromatic carbocycles. The topological polar surface area (TPSA) is 48.7 Å². The van der Waals surface area contributed by atoms with Crippen molar-refractivity contribution in [3.05, 3.63) is 74.7 Å². The third-order valence-electron chi connectivity index (χ3n) is 4.50. The Kier molecular flexibility index (Phi) is 6.36. The van der Waals surface area contributed by atoms with Crippen LogP contribution in [0.2, 0.25) is 5.04 Å². The Morgan fingerprint density at radius 2 is 1.69 bits per heavy atom. The third kappa shape index (κ3) is 5.38. The second kappa shape index (κ2) is 8.46. The van der Waals surface area contributed by atoms with Gasteiger partial charge in [0.25, 0.3) is 0 Å². The molecule has 1 aromatic heterocycles. The van der Waals surface area contributed by atoms with E-state index in [0.717, 1.165) is 15.4 Å². The SMILES string of the molecule is CC(C)(C)[SiH2]OC(C)(C)c1oc(=O)c2cc(OCc3ccccc3)ccc2c1Br. The van der Waals surface area contributed by atoms with Crippen molar-refractivity contribution in [2.75, 3.05) is 0 Å². The molecule has 29 heavy (non-hydrogen) atoms. The monoisotopic (exact) mass is 474 g/mol. The van der Waals surface area contributed by atoms with Crippen molar-refractivity contribution in [1.29, 1.82) is 0 Å². The fourth-order valence-corrected chi connectivity index (χ4v) is 4.71. The molecular weight excluding hydrogens is 448 g/mol. The van der Waals surface area contributed by atoms with E-state index in [0.29, 0.717) is 23.5 Å². The van der Waals surface area contributed by atoms with Gasteiger partial charge in [-0.25, -0.2) is 4.79 Å². The van der Waals surface area contributed by atoms with Crippen molar-refractivity contribution in [3.8, 4) is 5.75 Å². The van der Waals surface area contributed by atoms with Crippen LogP contribution in [-0.4, -0.2) is 9.76 Å². The molecule has 1 heterocycles. The molecule has 0 saturated heterocycles. The summed E-state index contributed by atoms with van der Waals surface area (Å²) in [6.45, 7) is 10.8. The van der Waals surface area contributed by atoms with Gasteiger partial charge in [-0.05, 0) is 58.6 Å². The lowest BCUT2D eigenvalue weighted by molar-refractivity contribution is 0.0783. The number of fused-ring (bicyclic) bond motifs is 1. The Hall–Kier alpha value is -1.89. The lowest BCUT2D eigenvalue weighted by atomic mass is 10.0. The molecule has 0 aliphatic heterocycles. The molecule has 0 aliphatic rings. The van der Waals surface area contributed by atoms with Gasteiger partial charge in [-0.3, -0.25) is 0 Å². The quantitative estimate of drug-likeness (QED) is 0.430. The number of ether oxygens (including phenoxy) is 1. The van der Waals surface area contributed by atoms with Gasteiger partial charge in [0.05, 0.1) is 9.86 Å². The molecule has 0 aliphatic carbocycles. The Morgan fingerprint density at radius 1 is 1.00 bits per heavy atom. The predicted octanol–water partition coefficient (Wildman–Crippen LogP) is 5.69. The molecular formula is C23H27BrO4Si. The van der Waals surface area contributed by atoms with Gasteiger partial charge in [0.1, 0.15) is 18.0 Å². The Morgan fingerprint density at radius 3 is 2.34 bits per heavy atom. The maximum atomic E-state index is 12.7. The lowest BCUT2D eigenvalue weighted by Gasteiger charge is -2.29. The summed E-state index contributed by atoms with van der Waals surface area (Å²) >= 11 is 3.63. The molecule has 0 saturated carbocycles. The van der Waals surface area contributed by atoms with E-state index in [-0.39, 0.29) is 5.04 Å². The highest BCUT2D eigenvalue weighted by atomic mass is 79.9. The maximum Gasteiger partial charge on any atom is 0.344 e. The molecule has 0 radical (unpaired) electrons. The molecule has 0 bridgehead atoms. The summed E-state index contributed by atoms with van der Waals surface area (Å²) in [6, 6.07) is 15.4. The number of rotatable bonds is 6. The van der Waals surface area contributed by atoms with E-state index in [4.69, 9.17) is 13.6 Å². The molecule has 6 heteroatoms.